The highest BCUT2D eigenvalue weighted by Crippen LogP contribution is 2.35. The molecule has 0 aliphatic rings. The number of halogens is 5. The molecule has 22 heavy (non-hydrogen) atoms. The molecule has 124 valence electrons. The van der Waals surface area contributed by atoms with Crippen LogP contribution in [0, 0.1) is 11.6 Å². The number of amides is 1. The molecule has 0 saturated heterocycles. The Morgan fingerprint density at radius 2 is 1.73 bits per heavy atom. The van der Waals surface area contributed by atoms with Gasteiger partial charge in [-0.3, -0.25) is 4.79 Å². The van der Waals surface area contributed by atoms with Crippen LogP contribution >= 0.6 is 0 Å². The fourth-order valence-corrected chi connectivity index (χ4v) is 2.12. The highest BCUT2D eigenvalue weighted by molar-refractivity contribution is 7.90. The standard InChI is InChI=1S/C11H11F5N2O3S/c1-17-22(20,21)5-8(19)18-10(11(14,15)16)9-6(12)3-2-4-7(9)13/h2-4,10,17H,5H2,1H3,(H,18,19)/t10-/m0/s1. The summed E-state index contributed by atoms with van der Waals surface area (Å²) >= 11 is 0. The molecule has 2 N–H and O–H groups in total. The molecule has 0 fully saturated rings. The minimum atomic E-state index is -5.22. The molecule has 0 heterocycles. The van der Waals surface area contributed by atoms with Crippen molar-refractivity contribution in [2.24, 2.45) is 0 Å². The molecule has 0 aliphatic heterocycles. The van der Waals surface area contributed by atoms with E-state index in [1.807, 2.05) is 0 Å². The van der Waals surface area contributed by atoms with Gasteiger partial charge in [-0.2, -0.15) is 13.2 Å². The first-order valence-electron chi connectivity index (χ1n) is 5.69. The number of rotatable bonds is 5. The van der Waals surface area contributed by atoms with Gasteiger partial charge in [0.25, 0.3) is 0 Å². The number of alkyl halides is 3. The van der Waals surface area contributed by atoms with Crippen molar-refractivity contribution in [3.8, 4) is 0 Å². The van der Waals surface area contributed by atoms with E-state index in [1.165, 1.54) is 5.32 Å². The molecule has 0 bridgehead atoms. The van der Waals surface area contributed by atoms with E-state index >= 15 is 0 Å². The third-order valence-corrected chi connectivity index (χ3v) is 3.82. The Balaban J connectivity index is 3.14. The van der Waals surface area contributed by atoms with Gasteiger partial charge in [0.2, 0.25) is 15.9 Å². The lowest BCUT2D eigenvalue weighted by molar-refractivity contribution is -0.163. The number of sulfonamides is 1. The molecule has 0 saturated carbocycles. The fraction of sp³-hybridized carbons (Fsp3) is 0.364. The van der Waals surface area contributed by atoms with E-state index in [-0.39, 0.29) is 0 Å². The summed E-state index contributed by atoms with van der Waals surface area (Å²) < 4.78 is 89.7. The predicted octanol–water partition coefficient (Wildman–Crippen LogP) is 1.23. The lowest BCUT2D eigenvalue weighted by Gasteiger charge is -2.22. The van der Waals surface area contributed by atoms with Crippen LogP contribution in [0.15, 0.2) is 18.2 Å². The first-order valence-corrected chi connectivity index (χ1v) is 7.34. The van der Waals surface area contributed by atoms with Crippen molar-refractivity contribution in [2.45, 2.75) is 12.2 Å². The Morgan fingerprint density at radius 1 is 1.23 bits per heavy atom. The molecule has 0 aliphatic carbocycles. The maximum Gasteiger partial charge on any atom is 0.413 e. The third-order valence-electron chi connectivity index (χ3n) is 2.55. The highest BCUT2D eigenvalue weighted by atomic mass is 32.2. The number of nitrogens with one attached hydrogen (secondary N) is 2. The van der Waals surface area contributed by atoms with Crippen molar-refractivity contribution >= 4 is 15.9 Å². The Morgan fingerprint density at radius 3 is 2.14 bits per heavy atom. The monoisotopic (exact) mass is 346 g/mol. The van der Waals surface area contributed by atoms with Crippen molar-refractivity contribution in [3.05, 3.63) is 35.4 Å². The van der Waals surface area contributed by atoms with Crippen LogP contribution in [0.2, 0.25) is 0 Å². The zero-order chi connectivity index (χ0) is 17.1. The Kier molecular flexibility index (Phi) is 5.46. The van der Waals surface area contributed by atoms with E-state index in [0.717, 1.165) is 13.1 Å². The molecule has 1 aromatic carbocycles. The SMILES string of the molecule is CNS(=O)(=O)CC(=O)N[C@@H](c1c(F)cccc1F)C(F)(F)F. The topological polar surface area (TPSA) is 75.3 Å². The van der Waals surface area contributed by atoms with E-state index in [2.05, 4.69) is 0 Å². The summed E-state index contributed by atoms with van der Waals surface area (Å²) in [5.74, 6) is -5.90. The number of carbonyl (C=O) groups excluding carboxylic acids is 1. The van der Waals surface area contributed by atoms with Crippen molar-refractivity contribution in [3.63, 3.8) is 0 Å². The summed E-state index contributed by atoms with van der Waals surface area (Å²) in [4.78, 5) is 11.4. The van der Waals surface area contributed by atoms with Gasteiger partial charge >= 0.3 is 6.18 Å². The Hall–Kier alpha value is -1.75. The molecule has 0 aromatic heterocycles. The first kappa shape index (κ1) is 18.3. The maximum absolute atomic E-state index is 13.5. The van der Waals surface area contributed by atoms with Gasteiger partial charge in [-0.05, 0) is 19.2 Å². The summed E-state index contributed by atoms with van der Waals surface area (Å²) in [6, 6.07) is -0.968. The normalized spacial score (nSPS) is 13.7. The van der Waals surface area contributed by atoms with Crippen LogP contribution in [0.25, 0.3) is 0 Å². The number of benzene rings is 1. The van der Waals surface area contributed by atoms with Crippen LogP contribution in [0.4, 0.5) is 22.0 Å². The molecular formula is C11H11F5N2O3S. The highest BCUT2D eigenvalue weighted by Gasteiger charge is 2.45. The van der Waals surface area contributed by atoms with Crippen molar-refractivity contribution in [1.29, 1.82) is 0 Å². The number of hydrogen-bond acceptors (Lipinski definition) is 3. The van der Waals surface area contributed by atoms with Crippen molar-refractivity contribution in [2.75, 3.05) is 12.8 Å². The molecule has 0 radical (unpaired) electrons. The van der Waals surface area contributed by atoms with Crippen LogP contribution in [-0.2, 0) is 14.8 Å². The summed E-state index contributed by atoms with van der Waals surface area (Å²) in [7, 11) is -3.17. The van der Waals surface area contributed by atoms with Gasteiger partial charge in [0.05, 0.1) is 5.56 Å². The molecule has 0 unspecified atom stereocenters. The number of carbonyl (C=O) groups is 1. The van der Waals surface area contributed by atoms with E-state index in [4.69, 9.17) is 0 Å². The van der Waals surface area contributed by atoms with Gasteiger partial charge in [0.1, 0.15) is 17.4 Å². The smallest absolute Gasteiger partial charge is 0.340 e. The van der Waals surface area contributed by atoms with E-state index < -0.39 is 51.1 Å². The Labute approximate surface area is 122 Å². The quantitative estimate of drug-likeness (QED) is 0.788. The molecule has 1 atom stereocenters. The van der Waals surface area contributed by atoms with Crippen LogP contribution in [0.3, 0.4) is 0 Å². The summed E-state index contributed by atoms with van der Waals surface area (Å²) in [6.45, 7) is 0. The Bertz CT molecular complexity index is 640. The zero-order valence-electron chi connectivity index (χ0n) is 11.0. The predicted molar refractivity (Wildman–Crippen MR) is 66.1 cm³/mol. The summed E-state index contributed by atoms with van der Waals surface area (Å²) in [5.41, 5.74) is -1.41. The average Bonchev–Trinajstić information content (AvgIpc) is 2.35. The van der Waals surface area contributed by atoms with Gasteiger partial charge in [-0.25, -0.2) is 21.9 Å². The van der Waals surface area contributed by atoms with E-state index in [9.17, 15) is 35.2 Å². The maximum atomic E-state index is 13.5. The van der Waals surface area contributed by atoms with Gasteiger partial charge in [-0.1, -0.05) is 6.07 Å². The van der Waals surface area contributed by atoms with Crippen LogP contribution in [0.1, 0.15) is 11.6 Å². The zero-order valence-corrected chi connectivity index (χ0v) is 11.9. The minimum Gasteiger partial charge on any atom is -0.340 e. The number of hydrogen-bond donors (Lipinski definition) is 2. The lowest BCUT2D eigenvalue weighted by Crippen LogP contribution is -2.43. The molecule has 1 aromatic rings. The summed E-state index contributed by atoms with van der Waals surface area (Å²) in [6.07, 6.45) is -5.22. The fourth-order valence-electron chi connectivity index (χ4n) is 1.55. The molecule has 11 heteroatoms. The van der Waals surface area contributed by atoms with Crippen LogP contribution in [-0.4, -0.2) is 33.3 Å². The van der Waals surface area contributed by atoms with Gasteiger partial charge < -0.3 is 5.32 Å². The molecule has 1 amide bonds. The van der Waals surface area contributed by atoms with Gasteiger partial charge in [0, 0.05) is 0 Å². The van der Waals surface area contributed by atoms with Gasteiger partial charge in [-0.15, -0.1) is 0 Å². The van der Waals surface area contributed by atoms with Crippen molar-refractivity contribution in [1.82, 2.24) is 10.0 Å². The van der Waals surface area contributed by atoms with Crippen LogP contribution in [0.5, 0.6) is 0 Å². The second kappa shape index (κ2) is 6.57. The molecule has 5 nitrogen and oxygen atoms in total. The minimum absolute atomic E-state index is 0.591. The third kappa shape index (κ3) is 4.63. The van der Waals surface area contributed by atoms with Crippen molar-refractivity contribution < 1.29 is 35.2 Å². The molecule has 1 rings (SSSR count). The second-order valence-electron chi connectivity index (χ2n) is 4.14. The summed E-state index contributed by atoms with van der Waals surface area (Å²) in [5, 5.41) is 1.28. The van der Waals surface area contributed by atoms with Crippen LogP contribution < -0.4 is 10.0 Å². The van der Waals surface area contributed by atoms with E-state index in [0.29, 0.717) is 12.1 Å². The van der Waals surface area contributed by atoms with E-state index in [1.54, 1.807) is 4.72 Å². The largest absolute Gasteiger partial charge is 0.413 e. The average molecular weight is 346 g/mol. The molecular weight excluding hydrogens is 335 g/mol. The molecule has 0 spiro atoms. The lowest BCUT2D eigenvalue weighted by atomic mass is 10.0. The first-order chi connectivity index (χ1) is 9.98. The van der Waals surface area contributed by atoms with Gasteiger partial charge in [0.15, 0.2) is 6.04 Å². The second-order valence-corrected chi connectivity index (χ2v) is 6.07.